The van der Waals surface area contributed by atoms with Crippen LogP contribution in [0.15, 0.2) is 53.7 Å². The third kappa shape index (κ3) is 4.74. The molecule has 0 aromatic heterocycles. The van der Waals surface area contributed by atoms with Crippen molar-refractivity contribution in [3.8, 4) is 5.75 Å². The van der Waals surface area contributed by atoms with Gasteiger partial charge in [-0.1, -0.05) is 29.8 Å². The summed E-state index contributed by atoms with van der Waals surface area (Å²) in [6.07, 6.45) is 2.47. The lowest BCUT2D eigenvalue weighted by atomic mass is 10.2. The van der Waals surface area contributed by atoms with Gasteiger partial charge in [0.2, 0.25) is 0 Å². The highest BCUT2D eigenvalue weighted by molar-refractivity contribution is 5.90. The monoisotopic (exact) mass is 297 g/mol. The highest BCUT2D eigenvalue weighted by atomic mass is 16.7. The van der Waals surface area contributed by atoms with Gasteiger partial charge in [0.15, 0.2) is 0 Å². The molecule has 2 rings (SSSR count). The lowest BCUT2D eigenvalue weighted by Gasteiger charge is -2.03. The largest absolute Gasteiger partial charge is 0.494 e. The normalized spacial score (nSPS) is 10.6. The van der Waals surface area contributed by atoms with Crippen LogP contribution < -0.4 is 4.74 Å². The van der Waals surface area contributed by atoms with Crippen LogP contribution in [-0.4, -0.2) is 18.8 Å². The molecular formula is C18H19NO3. The van der Waals surface area contributed by atoms with Gasteiger partial charge < -0.3 is 9.57 Å². The van der Waals surface area contributed by atoms with Crippen molar-refractivity contribution in [1.82, 2.24) is 0 Å². The second kappa shape index (κ2) is 7.98. The summed E-state index contributed by atoms with van der Waals surface area (Å²) in [7, 11) is 0. The smallest absolute Gasteiger partial charge is 0.365 e. The summed E-state index contributed by atoms with van der Waals surface area (Å²) in [6.45, 7) is 4.71. The summed E-state index contributed by atoms with van der Waals surface area (Å²) >= 11 is 0. The quantitative estimate of drug-likeness (QED) is 0.460. The molecule has 0 saturated heterocycles. The third-order valence-electron chi connectivity index (χ3n) is 2.98. The predicted octanol–water partition coefficient (Wildman–Crippen LogP) is 3.97. The van der Waals surface area contributed by atoms with Crippen LogP contribution in [0.3, 0.4) is 0 Å². The number of rotatable bonds is 6. The summed E-state index contributed by atoms with van der Waals surface area (Å²) in [5, 5.41) is 3.72. The average Bonchev–Trinajstić information content (AvgIpc) is 2.54. The molecule has 0 bridgehead atoms. The first-order valence-electron chi connectivity index (χ1n) is 7.23. The number of benzene rings is 2. The van der Waals surface area contributed by atoms with Crippen molar-refractivity contribution in [1.29, 1.82) is 0 Å². The van der Waals surface area contributed by atoms with Crippen LogP contribution in [0.5, 0.6) is 5.75 Å². The minimum absolute atomic E-state index is 0.473. The Morgan fingerprint density at radius 1 is 1.09 bits per heavy atom. The minimum atomic E-state index is -0.473. The Kier molecular flexibility index (Phi) is 5.72. The van der Waals surface area contributed by atoms with Crippen LogP contribution in [0, 0.1) is 6.92 Å². The summed E-state index contributed by atoms with van der Waals surface area (Å²) in [6, 6.07) is 14.6. The van der Waals surface area contributed by atoms with E-state index in [0.717, 1.165) is 23.3 Å². The van der Waals surface area contributed by atoms with E-state index in [9.17, 15) is 4.79 Å². The van der Waals surface area contributed by atoms with Crippen LogP contribution in [0.1, 0.15) is 34.8 Å². The Labute approximate surface area is 130 Å². The molecule has 0 N–H and O–H groups in total. The van der Waals surface area contributed by atoms with E-state index >= 15 is 0 Å². The van der Waals surface area contributed by atoms with E-state index in [1.165, 1.54) is 6.21 Å². The fourth-order valence-corrected chi connectivity index (χ4v) is 1.75. The number of hydrogen-bond acceptors (Lipinski definition) is 4. The molecule has 0 heterocycles. The topological polar surface area (TPSA) is 47.9 Å². The zero-order chi connectivity index (χ0) is 15.8. The van der Waals surface area contributed by atoms with Crippen LogP contribution in [0.25, 0.3) is 0 Å². The van der Waals surface area contributed by atoms with E-state index in [1.54, 1.807) is 12.1 Å². The van der Waals surface area contributed by atoms with Crippen molar-refractivity contribution in [3.05, 3.63) is 65.2 Å². The lowest BCUT2D eigenvalue weighted by molar-refractivity contribution is 0.0519. The van der Waals surface area contributed by atoms with E-state index in [4.69, 9.17) is 9.57 Å². The van der Waals surface area contributed by atoms with Crippen molar-refractivity contribution in [2.24, 2.45) is 5.16 Å². The van der Waals surface area contributed by atoms with E-state index in [0.29, 0.717) is 12.2 Å². The van der Waals surface area contributed by atoms with Gasteiger partial charge in [0.25, 0.3) is 0 Å². The molecule has 4 nitrogen and oxygen atoms in total. The fourth-order valence-electron chi connectivity index (χ4n) is 1.75. The number of carbonyl (C=O) groups is 1. The van der Waals surface area contributed by atoms with Crippen molar-refractivity contribution in [3.63, 3.8) is 0 Å². The molecule has 0 aliphatic heterocycles. The zero-order valence-corrected chi connectivity index (χ0v) is 12.8. The maximum absolute atomic E-state index is 11.8. The molecule has 0 saturated carbocycles. The third-order valence-corrected chi connectivity index (χ3v) is 2.98. The second-order valence-corrected chi connectivity index (χ2v) is 4.90. The van der Waals surface area contributed by atoms with Gasteiger partial charge in [-0.05, 0) is 55.3 Å². The highest BCUT2D eigenvalue weighted by Crippen LogP contribution is 2.11. The minimum Gasteiger partial charge on any atom is -0.494 e. The Morgan fingerprint density at radius 3 is 2.41 bits per heavy atom. The van der Waals surface area contributed by atoms with Gasteiger partial charge in [-0.3, -0.25) is 0 Å². The van der Waals surface area contributed by atoms with E-state index in [-0.39, 0.29) is 0 Å². The standard InChI is InChI=1S/C18H19NO3/c1-3-12-21-17-10-6-15(7-11-17)13-19-22-18(20)16-8-4-14(2)5-9-16/h4-11,13H,3,12H2,1-2H3/b19-13-. The molecular weight excluding hydrogens is 278 g/mol. The van der Waals surface area contributed by atoms with E-state index < -0.39 is 5.97 Å². The molecule has 0 aliphatic rings. The van der Waals surface area contributed by atoms with Crippen molar-refractivity contribution in [2.75, 3.05) is 6.61 Å². The van der Waals surface area contributed by atoms with Gasteiger partial charge in [0, 0.05) is 0 Å². The fraction of sp³-hybridized carbons (Fsp3) is 0.222. The Morgan fingerprint density at radius 2 is 1.77 bits per heavy atom. The maximum atomic E-state index is 11.8. The van der Waals surface area contributed by atoms with Gasteiger partial charge in [0.05, 0.1) is 18.4 Å². The highest BCUT2D eigenvalue weighted by Gasteiger charge is 2.05. The van der Waals surface area contributed by atoms with Crippen molar-refractivity contribution >= 4 is 12.2 Å². The van der Waals surface area contributed by atoms with Crippen LogP contribution in [-0.2, 0) is 4.84 Å². The molecule has 0 unspecified atom stereocenters. The van der Waals surface area contributed by atoms with Crippen molar-refractivity contribution < 1.29 is 14.4 Å². The molecule has 0 amide bonds. The number of hydrogen-bond donors (Lipinski definition) is 0. The van der Waals surface area contributed by atoms with E-state index in [1.807, 2.05) is 43.3 Å². The van der Waals surface area contributed by atoms with Crippen molar-refractivity contribution in [2.45, 2.75) is 20.3 Å². The SMILES string of the molecule is CCCOc1ccc(/C=N\OC(=O)c2ccc(C)cc2)cc1. The summed E-state index contributed by atoms with van der Waals surface area (Å²) < 4.78 is 5.49. The number of oxime groups is 1. The molecule has 114 valence electrons. The lowest BCUT2D eigenvalue weighted by Crippen LogP contribution is -2.00. The Bertz CT molecular complexity index is 630. The first-order chi connectivity index (χ1) is 10.7. The summed E-state index contributed by atoms with van der Waals surface area (Å²) in [5.41, 5.74) is 2.40. The molecule has 0 fully saturated rings. The van der Waals surface area contributed by atoms with Crippen LogP contribution in [0.4, 0.5) is 0 Å². The summed E-state index contributed by atoms with van der Waals surface area (Å²) in [5.74, 6) is 0.342. The molecule has 0 aliphatic carbocycles. The first kappa shape index (κ1) is 15.8. The second-order valence-electron chi connectivity index (χ2n) is 4.90. The predicted molar refractivity (Wildman–Crippen MR) is 86.4 cm³/mol. The number of carbonyl (C=O) groups excluding carboxylic acids is 1. The number of nitrogens with zero attached hydrogens (tertiary/aromatic N) is 1. The maximum Gasteiger partial charge on any atom is 0.365 e. The molecule has 0 atom stereocenters. The number of ether oxygens (including phenoxy) is 1. The Balaban J connectivity index is 1.89. The Hall–Kier alpha value is -2.62. The van der Waals surface area contributed by atoms with Gasteiger partial charge in [-0.25, -0.2) is 4.79 Å². The van der Waals surface area contributed by atoms with Crippen LogP contribution >= 0.6 is 0 Å². The van der Waals surface area contributed by atoms with Gasteiger partial charge in [0.1, 0.15) is 5.75 Å². The average molecular weight is 297 g/mol. The molecule has 22 heavy (non-hydrogen) atoms. The number of aryl methyl sites for hydroxylation is 1. The molecule has 2 aromatic carbocycles. The van der Waals surface area contributed by atoms with Gasteiger partial charge in [-0.15, -0.1) is 0 Å². The molecule has 0 radical (unpaired) electrons. The van der Waals surface area contributed by atoms with Crippen LogP contribution in [0.2, 0.25) is 0 Å². The zero-order valence-electron chi connectivity index (χ0n) is 12.8. The summed E-state index contributed by atoms with van der Waals surface area (Å²) in [4.78, 5) is 16.6. The van der Waals surface area contributed by atoms with Gasteiger partial charge in [-0.2, -0.15) is 0 Å². The van der Waals surface area contributed by atoms with Gasteiger partial charge >= 0.3 is 5.97 Å². The first-order valence-corrected chi connectivity index (χ1v) is 7.23. The molecule has 4 heteroatoms. The molecule has 0 spiro atoms. The van der Waals surface area contributed by atoms with E-state index in [2.05, 4.69) is 12.1 Å². The molecule has 2 aromatic rings.